The van der Waals surface area contributed by atoms with Crippen LogP contribution in [0.25, 0.3) is 22.2 Å². The van der Waals surface area contributed by atoms with Crippen molar-refractivity contribution in [2.45, 2.75) is 6.54 Å². The number of phenols is 1. The minimum atomic E-state index is 0.268. The Balaban J connectivity index is 1.32. The zero-order valence-corrected chi connectivity index (χ0v) is 16.6. The van der Waals surface area contributed by atoms with Crippen molar-refractivity contribution >= 4 is 16.9 Å². The Kier molecular flexibility index (Phi) is 4.99. The van der Waals surface area contributed by atoms with Crippen molar-refractivity contribution in [1.82, 2.24) is 19.9 Å². The van der Waals surface area contributed by atoms with E-state index in [0.717, 1.165) is 60.7 Å². The molecule has 5 rings (SSSR count). The molecule has 4 aromatic rings. The fourth-order valence-electron chi connectivity index (χ4n) is 3.87. The topological polar surface area (TPSA) is 65.4 Å². The second kappa shape index (κ2) is 8.08. The lowest BCUT2D eigenvalue weighted by Gasteiger charge is -2.35. The van der Waals surface area contributed by atoms with Crippen LogP contribution < -0.4 is 4.90 Å². The average molecular weight is 397 g/mol. The first-order valence-corrected chi connectivity index (χ1v) is 10.2. The summed E-state index contributed by atoms with van der Waals surface area (Å²) in [6.07, 6.45) is 5.62. The number of anilines is 1. The number of piperazine rings is 1. The molecular formula is C24H23N5O. The molecule has 0 spiro atoms. The van der Waals surface area contributed by atoms with Crippen molar-refractivity contribution in [1.29, 1.82) is 0 Å². The van der Waals surface area contributed by atoms with Gasteiger partial charge in [-0.3, -0.25) is 14.9 Å². The Labute approximate surface area is 175 Å². The number of fused-ring (bicyclic) bond motifs is 1. The Morgan fingerprint density at radius 3 is 2.40 bits per heavy atom. The summed E-state index contributed by atoms with van der Waals surface area (Å²) < 4.78 is 0. The van der Waals surface area contributed by atoms with Crippen LogP contribution in [0, 0.1) is 0 Å². The Hall–Kier alpha value is -3.51. The first kappa shape index (κ1) is 18.5. The predicted molar refractivity (Wildman–Crippen MR) is 118 cm³/mol. The van der Waals surface area contributed by atoms with Gasteiger partial charge in [0, 0.05) is 45.1 Å². The highest BCUT2D eigenvalue weighted by Gasteiger charge is 2.19. The van der Waals surface area contributed by atoms with Crippen molar-refractivity contribution in [3.63, 3.8) is 0 Å². The van der Waals surface area contributed by atoms with Gasteiger partial charge in [-0.15, -0.1) is 0 Å². The van der Waals surface area contributed by atoms with Crippen LogP contribution in [0.3, 0.4) is 0 Å². The van der Waals surface area contributed by atoms with Gasteiger partial charge in [-0.2, -0.15) is 0 Å². The Morgan fingerprint density at radius 2 is 1.63 bits per heavy atom. The fraction of sp³-hybridized carbons (Fsp3) is 0.208. The molecule has 0 bridgehead atoms. The molecule has 1 aliphatic heterocycles. The number of aromatic hydroxyl groups is 1. The zero-order chi connectivity index (χ0) is 20.3. The molecule has 6 nitrogen and oxygen atoms in total. The third kappa shape index (κ3) is 3.95. The lowest BCUT2D eigenvalue weighted by Crippen LogP contribution is -2.46. The molecule has 1 saturated heterocycles. The molecule has 0 radical (unpaired) electrons. The van der Waals surface area contributed by atoms with E-state index in [9.17, 15) is 5.11 Å². The van der Waals surface area contributed by atoms with Gasteiger partial charge >= 0.3 is 0 Å². The fourth-order valence-corrected chi connectivity index (χ4v) is 3.87. The average Bonchev–Trinajstić information content (AvgIpc) is 2.80. The SMILES string of the molecule is Oc1ccc(-c2ccc3ncc(N4CCN(Cc5cccnc5)CC4)nc3c2)cc1. The Bertz CT molecular complexity index is 1140. The van der Waals surface area contributed by atoms with Crippen LogP contribution in [0.4, 0.5) is 5.82 Å². The molecule has 1 N–H and O–H groups in total. The maximum Gasteiger partial charge on any atom is 0.147 e. The van der Waals surface area contributed by atoms with Crippen LogP contribution in [-0.2, 0) is 6.54 Å². The molecule has 0 atom stereocenters. The molecule has 0 aliphatic carbocycles. The van der Waals surface area contributed by atoms with Gasteiger partial charge < -0.3 is 10.0 Å². The normalized spacial score (nSPS) is 14.9. The molecule has 1 aliphatic rings. The van der Waals surface area contributed by atoms with Crippen molar-refractivity contribution in [2.75, 3.05) is 31.1 Å². The van der Waals surface area contributed by atoms with Gasteiger partial charge in [0.2, 0.25) is 0 Å². The number of pyridine rings is 1. The summed E-state index contributed by atoms with van der Waals surface area (Å²) in [5.41, 5.74) is 5.13. The van der Waals surface area contributed by atoms with E-state index < -0.39 is 0 Å². The summed E-state index contributed by atoms with van der Waals surface area (Å²) in [6.45, 7) is 4.77. The summed E-state index contributed by atoms with van der Waals surface area (Å²) in [5, 5.41) is 9.52. The molecule has 3 heterocycles. The number of hydrogen-bond donors (Lipinski definition) is 1. The molecule has 30 heavy (non-hydrogen) atoms. The number of benzene rings is 2. The van der Waals surface area contributed by atoms with Gasteiger partial charge in [-0.25, -0.2) is 4.98 Å². The van der Waals surface area contributed by atoms with Gasteiger partial charge in [-0.1, -0.05) is 24.3 Å². The number of phenolic OH excluding ortho intramolecular Hbond substituents is 1. The van der Waals surface area contributed by atoms with Crippen LogP contribution in [0.15, 0.2) is 73.2 Å². The largest absolute Gasteiger partial charge is 0.508 e. The van der Waals surface area contributed by atoms with Crippen molar-refractivity contribution < 1.29 is 5.11 Å². The molecule has 1 fully saturated rings. The number of rotatable bonds is 4. The summed E-state index contributed by atoms with van der Waals surface area (Å²) in [7, 11) is 0. The van der Waals surface area contributed by atoms with E-state index >= 15 is 0 Å². The van der Waals surface area contributed by atoms with Gasteiger partial charge in [-0.05, 0) is 47.0 Å². The third-order valence-corrected chi connectivity index (χ3v) is 5.56. The van der Waals surface area contributed by atoms with Crippen LogP contribution in [0.5, 0.6) is 5.75 Å². The van der Waals surface area contributed by atoms with Crippen LogP contribution in [-0.4, -0.2) is 51.1 Å². The number of hydrogen-bond acceptors (Lipinski definition) is 6. The van der Waals surface area contributed by atoms with Crippen LogP contribution in [0.2, 0.25) is 0 Å². The summed E-state index contributed by atoms with van der Waals surface area (Å²) in [4.78, 5) is 18.5. The standard InChI is InChI=1S/C24H23N5O/c30-21-6-3-19(4-7-21)20-5-8-22-23(14-20)27-24(16-26-22)29-12-10-28(11-13-29)17-18-2-1-9-25-15-18/h1-9,14-16,30H,10-13,17H2. The Morgan fingerprint density at radius 1 is 0.833 bits per heavy atom. The molecule has 0 unspecified atom stereocenters. The second-order valence-electron chi connectivity index (χ2n) is 7.60. The molecule has 0 saturated carbocycles. The molecule has 2 aromatic carbocycles. The third-order valence-electron chi connectivity index (χ3n) is 5.56. The van der Waals surface area contributed by atoms with E-state index in [2.05, 4.69) is 31.9 Å². The predicted octanol–water partition coefficient (Wildman–Crippen LogP) is 3.72. The van der Waals surface area contributed by atoms with Crippen LogP contribution in [0.1, 0.15) is 5.56 Å². The van der Waals surface area contributed by atoms with Gasteiger partial charge in [0.15, 0.2) is 0 Å². The lowest BCUT2D eigenvalue weighted by atomic mass is 10.0. The number of nitrogens with zero attached hydrogens (tertiary/aromatic N) is 5. The lowest BCUT2D eigenvalue weighted by molar-refractivity contribution is 0.249. The van der Waals surface area contributed by atoms with Crippen molar-refractivity contribution in [2.24, 2.45) is 0 Å². The molecule has 0 amide bonds. The van der Waals surface area contributed by atoms with E-state index in [1.165, 1.54) is 5.56 Å². The smallest absolute Gasteiger partial charge is 0.147 e. The van der Waals surface area contributed by atoms with E-state index in [1.54, 1.807) is 12.1 Å². The minimum absolute atomic E-state index is 0.268. The maximum absolute atomic E-state index is 9.52. The zero-order valence-electron chi connectivity index (χ0n) is 16.6. The second-order valence-corrected chi connectivity index (χ2v) is 7.60. The van der Waals surface area contributed by atoms with E-state index in [0.29, 0.717) is 0 Å². The van der Waals surface area contributed by atoms with Gasteiger partial charge in [0.1, 0.15) is 11.6 Å². The van der Waals surface area contributed by atoms with Crippen LogP contribution >= 0.6 is 0 Å². The molecular weight excluding hydrogens is 374 g/mol. The highest BCUT2D eigenvalue weighted by Crippen LogP contribution is 2.26. The summed E-state index contributed by atoms with van der Waals surface area (Å²) in [6, 6.07) is 17.4. The van der Waals surface area contributed by atoms with Gasteiger partial charge in [0.25, 0.3) is 0 Å². The maximum atomic E-state index is 9.52. The molecule has 6 heteroatoms. The van der Waals surface area contributed by atoms with E-state index in [-0.39, 0.29) is 5.75 Å². The van der Waals surface area contributed by atoms with Crippen molar-refractivity contribution in [3.05, 3.63) is 78.8 Å². The van der Waals surface area contributed by atoms with Gasteiger partial charge in [0.05, 0.1) is 17.2 Å². The summed E-state index contributed by atoms with van der Waals surface area (Å²) in [5.74, 6) is 1.19. The quantitative estimate of drug-likeness (QED) is 0.566. The van der Waals surface area contributed by atoms with E-state index in [1.807, 2.05) is 48.9 Å². The highest BCUT2D eigenvalue weighted by atomic mass is 16.3. The first-order valence-electron chi connectivity index (χ1n) is 10.2. The molecule has 150 valence electrons. The first-order chi connectivity index (χ1) is 14.7. The monoisotopic (exact) mass is 397 g/mol. The van der Waals surface area contributed by atoms with E-state index in [4.69, 9.17) is 4.98 Å². The minimum Gasteiger partial charge on any atom is -0.508 e. The highest BCUT2D eigenvalue weighted by molar-refractivity contribution is 5.82. The number of aromatic nitrogens is 3. The summed E-state index contributed by atoms with van der Waals surface area (Å²) >= 11 is 0. The van der Waals surface area contributed by atoms with Crippen molar-refractivity contribution in [3.8, 4) is 16.9 Å². The molecule has 2 aromatic heterocycles.